The highest BCUT2D eigenvalue weighted by molar-refractivity contribution is 5.95. The van der Waals surface area contributed by atoms with Gasteiger partial charge < -0.3 is 15.4 Å². The van der Waals surface area contributed by atoms with Gasteiger partial charge >= 0.3 is 0 Å². The Bertz CT molecular complexity index is 527. The van der Waals surface area contributed by atoms with Crippen LogP contribution in [0.3, 0.4) is 0 Å². The van der Waals surface area contributed by atoms with Crippen LogP contribution in [0.5, 0.6) is 5.75 Å². The maximum absolute atomic E-state index is 12.1. The van der Waals surface area contributed by atoms with Gasteiger partial charge in [0.15, 0.2) is 0 Å². The molecule has 6 heteroatoms. The number of nitrogens with two attached hydrogens (primary N) is 1. The summed E-state index contributed by atoms with van der Waals surface area (Å²) in [5, 5.41) is 17.3. The number of rotatable bonds is 5. The van der Waals surface area contributed by atoms with Crippen LogP contribution in [0.25, 0.3) is 0 Å². The Balaban J connectivity index is 3.04. The van der Waals surface area contributed by atoms with Gasteiger partial charge in [0.25, 0.3) is 5.91 Å². The van der Waals surface area contributed by atoms with Crippen LogP contribution in [-0.4, -0.2) is 30.5 Å². The van der Waals surface area contributed by atoms with Gasteiger partial charge in [-0.15, -0.1) is 0 Å². The molecule has 19 heavy (non-hydrogen) atoms. The molecule has 0 fully saturated rings. The topological polar surface area (TPSA) is 103 Å². The van der Waals surface area contributed by atoms with Crippen LogP contribution in [-0.2, 0) is 0 Å². The summed E-state index contributed by atoms with van der Waals surface area (Å²) in [6, 6.07) is 8.35. The first-order chi connectivity index (χ1) is 9.12. The molecule has 0 aromatic heterocycles. The highest BCUT2D eigenvalue weighted by Gasteiger charge is 2.16. The number of ether oxygens (including phenoxy) is 1. The lowest BCUT2D eigenvalue weighted by Gasteiger charge is -2.16. The standard InChI is InChI=1S/C13H14N4O2/c1-2-19-12-8-10(7-11(16)9-12)13(18)17(5-3-14)6-4-15/h7-9H,2,5-6,16H2,1H3. The van der Waals surface area contributed by atoms with E-state index < -0.39 is 5.91 Å². The highest BCUT2D eigenvalue weighted by atomic mass is 16.5. The zero-order chi connectivity index (χ0) is 14.3. The molecule has 0 aliphatic carbocycles. The lowest BCUT2D eigenvalue weighted by molar-refractivity contribution is 0.0794. The molecule has 0 spiro atoms. The molecule has 0 heterocycles. The third-order valence-electron chi connectivity index (χ3n) is 2.30. The van der Waals surface area contributed by atoms with E-state index in [1.807, 2.05) is 19.1 Å². The summed E-state index contributed by atoms with van der Waals surface area (Å²) in [4.78, 5) is 13.3. The molecule has 6 nitrogen and oxygen atoms in total. The number of hydrogen-bond donors (Lipinski definition) is 1. The van der Waals surface area contributed by atoms with Gasteiger partial charge in [-0.1, -0.05) is 0 Å². The van der Waals surface area contributed by atoms with Crippen LogP contribution >= 0.6 is 0 Å². The Morgan fingerprint density at radius 1 is 1.32 bits per heavy atom. The first-order valence-corrected chi connectivity index (χ1v) is 5.69. The van der Waals surface area contributed by atoms with E-state index in [-0.39, 0.29) is 13.1 Å². The molecule has 1 aromatic carbocycles. The second-order valence-corrected chi connectivity index (χ2v) is 3.70. The summed E-state index contributed by atoms with van der Waals surface area (Å²) in [7, 11) is 0. The largest absolute Gasteiger partial charge is 0.494 e. The van der Waals surface area contributed by atoms with Crippen molar-refractivity contribution < 1.29 is 9.53 Å². The number of anilines is 1. The molecule has 0 bridgehead atoms. The van der Waals surface area contributed by atoms with Crippen LogP contribution in [0.2, 0.25) is 0 Å². The second-order valence-electron chi connectivity index (χ2n) is 3.70. The quantitative estimate of drug-likeness (QED) is 0.630. The molecule has 2 N–H and O–H groups in total. The van der Waals surface area contributed by atoms with E-state index in [1.165, 1.54) is 6.07 Å². The van der Waals surface area contributed by atoms with Crippen molar-refractivity contribution >= 4 is 11.6 Å². The smallest absolute Gasteiger partial charge is 0.255 e. The van der Waals surface area contributed by atoms with Gasteiger partial charge in [-0.3, -0.25) is 4.79 Å². The molecule has 1 aromatic rings. The number of carbonyl (C=O) groups excluding carboxylic acids is 1. The monoisotopic (exact) mass is 258 g/mol. The summed E-state index contributed by atoms with van der Waals surface area (Å²) in [5.41, 5.74) is 6.39. The Labute approximate surface area is 111 Å². The van der Waals surface area contributed by atoms with Gasteiger partial charge in [-0.05, 0) is 19.1 Å². The summed E-state index contributed by atoms with van der Waals surface area (Å²) in [6.07, 6.45) is 0. The van der Waals surface area contributed by atoms with Crippen LogP contribution < -0.4 is 10.5 Å². The average Bonchev–Trinajstić information content (AvgIpc) is 2.37. The predicted octanol–water partition coefficient (Wildman–Crippen LogP) is 1.16. The Morgan fingerprint density at radius 2 is 1.95 bits per heavy atom. The van der Waals surface area contributed by atoms with Gasteiger partial charge in [-0.25, -0.2) is 0 Å². The van der Waals surface area contributed by atoms with Crippen molar-refractivity contribution in [2.45, 2.75) is 6.92 Å². The summed E-state index contributed by atoms with van der Waals surface area (Å²) in [6.45, 7) is 1.98. The van der Waals surface area contributed by atoms with E-state index in [2.05, 4.69) is 0 Å². The highest BCUT2D eigenvalue weighted by Crippen LogP contribution is 2.20. The number of hydrogen-bond acceptors (Lipinski definition) is 5. The number of benzene rings is 1. The van der Waals surface area contributed by atoms with Crippen LogP contribution in [0.4, 0.5) is 5.69 Å². The van der Waals surface area contributed by atoms with E-state index in [4.69, 9.17) is 21.0 Å². The fourth-order valence-corrected chi connectivity index (χ4v) is 1.55. The van der Waals surface area contributed by atoms with Crippen molar-refractivity contribution in [3.05, 3.63) is 23.8 Å². The summed E-state index contributed by atoms with van der Waals surface area (Å²) >= 11 is 0. The molecule has 98 valence electrons. The third-order valence-corrected chi connectivity index (χ3v) is 2.30. The fourth-order valence-electron chi connectivity index (χ4n) is 1.55. The first kappa shape index (κ1) is 14.3. The molecule has 0 aliphatic rings. The molecule has 0 unspecified atom stereocenters. The molecule has 1 amide bonds. The number of nitrogens with zero attached hydrogens (tertiary/aromatic N) is 3. The van der Waals surface area contributed by atoms with Crippen molar-refractivity contribution in [2.24, 2.45) is 0 Å². The van der Waals surface area contributed by atoms with E-state index >= 15 is 0 Å². The molecule has 0 aliphatic heterocycles. The zero-order valence-electron chi connectivity index (χ0n) is 10.6. The van der Waals surface area contributed by atoms with Crippen LogP contribution in [0.15, 0.2) is 18.2 Å². The van der Waals surface area contributed by atoms with Gasteiger partial charge in [0.1, 0.15) is 18.8 Å². The van der Waals surface area contributed by atoms with E-state index in [0.29, 0.717) is 23.6 Å². The maximum Gasteiger partial charge on any atom is 0.255 e. The van der Waals surface area contributed by atoms with Crippen molar-refractivity contribution in [1.29, 1.82) is 10.5 Å². The normalized spacial score (nSPS) is 9.21. The van der Waals surface area contributed by atoms with Crippen molar-refractivity contribution in [2.75, 3.05) is 25.4 Å². The predicted molar refractivity (Wildman–Crippen MR) is 69.2 cm³/mol. The van der Waals surface area contributed by atoms with Crippen LogP contribution in [0.1, 0.15) is 17.3 Å². The van der Waals surface area contributed by atoms with Crippen molar-refractivity contribution in [3.8, 4) is 17.9 Å². The minimum atomic E-state index is -0.420. The van der Waals surface area contributed by atoms with Gasteiger partial charge in [0.05, 0.1) is 18.7 Å². The number of amides is 1. The lowest BCUT2D eigenvalue weighted by Crippen LogP contribution is -2.31. The van der Waals surface area contributed by atoms with E-state index in [0.717, 1.165) is 4.90 Å². The Morgan fingerprint density at radius 3 is 2.47 bits per heavy atom. The number of nitriles is 2. The van der Waals surface area contributed by atoms with Crippen LogP contribution in [0, 0.1) is 22.7 Å². The fraction of sp³-hybridized carbons (Fsp3) is 0.308. The molecule has 0 saturated carbocycles. The maximum atomic E-state index is 12.1. The van der Waals surface area contributed by atoms with E-state index in [1.54, 1.807) is 12.1 Å². The second kappa shape index (κ2) is 6.87. The molecule has 0 radical (unpaired) electrons. The first-order valence-electron chi connectivity index (χ1n) is 5.69. The Kier molecular flexibility index (Phi) is 5.18. The molecule has 0 saturated heterocycles. The summed E-state index contributed by atoms with van der Waals surface area (Å²) in [5.74, 6) is 0.0658. The van der Waals surface area contributed by atoms with Crippen molar-refractivity contribution in [3.63, 3.8) is 0 Å². The Hall–Kier alpha value is -2.73. The SMILES string of the molecule is CCOc1cc(N)cc(C(=O)N(CC#N)CC#N)c1. The number of carbonyl (C=O) groups is 1. The minimum absolute atomic E-state index is 0.148. The van der Waals surface area contributed by atoms with Gasteiger partial charge in [-0.2, -0.15) is 10.5 Å². The van der Waals surface area contributed by atoms with Gasteiger partial charge in [0, 0.05) is 17.3 Å². The molecular formula is C13H14N4O2. The molecule has 1 rings (SSSR count). The van der Waals surface area contributed by atoms with Gasteiger partial charge in [0.2, 0.25) is 0 Å². The average molecular weight is 258 g/mol. The zero-order valence-corrected chi connectivity index (χ0v) is 10.6. The minimum Gasteiger partial charge on any atom is -0.494 e. The summed E-state index contributed by atoms with van der Waals surface area (Å²) < 4.78 is 5.30. The number of nitrogen functional groups attached to an aromatic ring is 1. The van der Waals surface area contributed by atoms with Crippen molar-refractivity contribution in [1.82, 2.24) is 4.90 Å². The molecular weight excluding hydrogens is 244 g/mol. The molecule has 0 atom stereocenters. The third kappa shape index (κ3) is 3.90. The lowest BCUT2D eigenvalue weighted by atomic mass is 10.1. The van der Waals surface area contributed by atoms with E-state index in [9.17, 15) is 4.79 Å².